The first-order valence-electron chi connectivity index (χ1n) is 6.52. The molecule has 0 aliphatic carbocycles. The first-order chi connectivity index (χ1) is 10.0. The van der Waals surface area contributed by atoms with Crippen molar-refractivity contribution in [2.24, 2.45) is 0 Å². The molecular formula is C14H16ClNO3S2. The molecule has 0 aromatic heterocycles. The Bertz CT molecular complexity index is 515. The number of hydrogen-bond donors (Lipinski definition) is 2. The van der Waals surface area contributed by atoms with Crippen molar-refractivity contribution in [3.05, 3.63) is 29.3 Å². The van der Waals surface area contributed by atoms with E-state index in [4.69, 9.17) is 11.6 Å². The second kappa shape index (κ2) is 7.42. The van der Waals surface area contributed by atoms with E-state index in [2.05, 4.69) is 5.32 Å². The topological polar surface area (TPSA) is 66.4 Å². The predicted molar refractivity (Wildman–Crippen MR) is 87.2 cm³/mol. The van der Waals surface area contributed by atoms with Gasteiger partial charge in [-0.05, 0) is 48.6 Å². The molecule has 0 unspecified atom stereocenters. The highest BCUT2D eigenvalue weighted by atomic mass is 35.5. The first kappa shape index (κ1) is 16.5. The smallest absolute Gasteiger partial charge is 0.329 e. The van der Waals surface area contributed by atoms with Gasteiger partial charge in [0, 0.05) is 9.92 Å². The van der Waals surface area contributed by atoms with Crippen LogP contribution in [0.25, 0.3) is 0 Å². The second-order valence-corrected chi connectivity index (χ2v) is 7.50. The van der Waals surface area contributed by atoms with Crippen LogP contribution < -0.4 is 5.32 Å². The van der Waals surface area contributed by atoms with Crippen molar-refractivity contribution in [1.29, 1.82) is 0 Å². The van der Waals surface area contributed by atoms with Gasteiger partial charge in [0.2, 0.25) is 5.91 Å². The maximum Gasteiger partial charge on any atom is 0.329 e. The van der Waals surface area contributed by atoms with Crippen LogP contribution in [0.3, 0.4) is 0 Å². The van der Waals surface area contributed by atoms with Crippen LogP contribution in [0.1, 0.15) is 12.8 Å². The minimum absolute atomic E-state index is 0.198. The minimum atomic E-state index is -1.09. The molecule has 0 spiro atoms. The van der Waals surface area contributed by atoms with Gasteiger partial charge < -0.3 is 10.4 Å². The molecule has 1 fully saturated rings. The fourth-order valence-electron chi connectivity index (χ4n) is 2.09. The van der Waals surface area contributed by atoms with E-state index in [1.54, 1.807) is 23.9 Å². The van der Waals surface area contributed by atoms with Gasteiger partial charge in [0.1, 0.15) is 5.54 Å². The Morgan fingerprint density at radius 1 is 1.29 bits per heavy atom. The minimum Gasteiger partial charge on any atom is -0.480 e. The quantitative estimate of drug-likeness (QED) is 0.803. The standard InChI is InChI=1S/C14H16ClNO3S2/c15-10-1-3-11(4-2-10)21-9-12(17)16-14(13(18)19)5-7-20-8-6-14/h1-4H,5-9H2,(H,16,17)(H,18,19). The molecule has 0 atom stereocenters. The Morgan fingerprint density at radius 2 is 1.90 bits per heavy atom. The molecular weight excluding hydrogens is 330 g/mol. The Hall–Kier alpha value is -0.850. The third kappa shape index (κ3) is 4.56. The third-order valence-electron chi connectivity index (χ3n) is 3.32. The lowest BCUT2D eigenvalue weighted by atomic mass is 9.92. The summed E-state index contributed by atoms with van der Waals surface area (Å²) in [5.41, 5.74) is -1.09. The molecule has 0 saturated carbocycles. The molecule has 1 aliphatic heterocycles. The molecule has 21 heavy (non-hydrogen) atoms. The summed E-state index contributed by atoms with van der Waals surface area (Å²) < 4.78 is 0. The normalized spacial score (nSPS) is 17.2. The Morgan fingerprint density at radius 3 is 2.48 bits per heavy atom. The maximum absolute atomic E-state index is 12.0. The molecule has 1 saturated heterocycles. The lowest BCUT2D eigenvalue weighted by Gasteiger charge is -2.33. The lowest BCUT2D eigenvalue weighted by Crippen LogP contribution is -2.57. The summed E-state index contributed by atoms with van der Waals surface area (Å²) in [5.74, 6) is 0.536. The number of benzene rings is 1. The molecule has 0 radical (unpaired) electrons. The molecule has 7 heteroatoms. The van der Waals surface area contributed by atoms with Crippen molar-refractivity contribution in [2.45, 2.75) is 23.3 Å². The van der Waals surface area contributed by atoms with E-state index in [9.17, 15) is 14.7 Å². The van der Waals surface area contributed by atoms with Crippen LogP contribution in [0.15, 0.2) is 29.2 Å². The van der Waals surface area contributed by atoms with E-state index in [1.165, 1.54) is 11.8 Å². The van der Waals surface area contributed by atoms with Crippen LogP contribution in [0.2, 0.25) is 5.02 Å². The van der Waals surface area contributed by atoms with E-state index < -0.39 is 11.5 Å². The van der Waals surface area contributed by atoms with Gasteiger partial charge in [-0.15, -0.1) is 11.8 Å². The van der Waals surface area contributed by atoms with Crippen LogP contribution in [0, 0.1) is 0 Å². The highest BCUT2D eigenvalue weighted by Gasteiger charge is 2.41. The van der Waals surface area contributed by atoms with Crippen molar-refractivity contribution in [2.75, 3.05) is 17.3 Å². The number of nitrogens with one attached hydrogen (secondary N) is 1. The SMILES string of the molecule is O=C(CSc1ccc(Cl)cc1)NC1(C(=O)O)CCSCC1. The number of aliphatic carboxylic acids is 1. The van der Waals surface area contributed by atoms with Crippen LogP contribution in [0.4, 0.5) is 0 Å². The van der Waals surface area contributed by atoms with Gasteiger partial charge in [-0.25, -0.2) is 4.79 Å². The van der Waals surface area contributed by atoms with Crippen molar-refractivity contribution < 1.29 is 14.7 Å². The highest BCUT2D eigenvalue weighted by molar-refractivity contribution is 8.00. The molecule has 4 nitrogen and oxygen atoms in total. The number of thioether (sulfide) groups is 2. The maximum atomic E-state index is 12.0. The fraction of sp³-hybridized carbons (Fsp3) is 0.429. The first-order valence-corrected chi connectivity index (χ1v) is 9.04. The largest absolute Gasteiger partial charge is 0.480 e. The summed E-state index contributed by atoms with van der Waals surface area (Å²) in [6, 6.07) is 7.20. The molecule has 2 N–H and O–H groups in total. The average Bonchev–Trinajstić information content (AvgIpc) is 2.47. The number of halogens is 1. The zero-order valence-corrected chi connectivity index (χ0v) is 13.7. The van der Waals surface area contributed by atoms with Gasteiger partial charge in [0.15, 0.2) is 0 Å². The number of hydrogen-bond acceptors (Lipinski definition) is 4. The predicted octanol–water partition coefficient (Wildman–Crippen LogP) is 2.90. The Kier molecular flexibility index (Phi) is 5.84. The van der Waals surface area contributed by atoms with E-state index in [-0.39, 0.29) is 11.7 Å². The summed E-state index contributed by atoms with van der Waals surface area (Å²) in [6.07, 6.45) is 0.953. The lowest BCUT2D eigenvalue weighted by molar-refractivity contribution is -0.147. The van der Waals surface area contributed by atoms with Crippen LogP contribution in [0.5, 0.6) is 0 Å². The van der Waals surface area contributed by atoms with Gasteiger partial charge in [0.05, 0.1) is 5.75 Å². The molecule has 2 rings (SSSR count). The number of carboxylic acids is 1. The third-order valence-corrected chi connectivity index (χ3v) is 5.57. The van der Waals surface area contributed by atoms with Gasteiger partial charge >= 0.3 is 5.97 Å². The van der Waals surface area contributed by atoms with Crippen molar-refractivity contribution >= 4 is 47.0 Å². The number of amides is 1. The van der Waals surface area contributed by atoms with Gasteiger partial charge in [-0.1, -0.05) is 11.6 Å². The van der Waals surface area contributed by atoms with Crippen molar-refractivity contribution in [3.63, 3.8) is 0 Å². The molecule has 1 heterocycles. The van der Waals surface area contributed by atoms with Gasteiger partial charge in [-0.2, -0.15) is 11.8 Å². The molecule has 1 aromatic rings. The summed E-state index contributed by atoms with van der Waals surface area (Å²) in [4.78, 5) is 24.4. The zero-order valence-electron chi connectivity index (χ0n) is 11.3. The number of rotatable bonds is 5. The van der Waals surface area contributed by atoms with E-state index in [0.29, 0.717) is 17.9 Å². The average molecular weight is 346 g/mol. The Balaban J connectivity index is 1.90. The summed E-state index contributed by atoms with van der Waals surface area (Å²) in [6.45, 7) is 0. The number of carbonyl (C=O) groups excluding carboxylic acids is 1. The van der Waals surface area contributed by atoms with Crippen LogP contribution in [-0.2, 0) is 9.59 Å². The van der Waals surface area contributed by atoms with E-state index >= 15 is 0 Å². The molecule has 1 aliphatic rings. The number of carbonyl (C=O) groups is 2. The van der Waals surface area contributed by atoms with Crippen LogP contribution in [-0.4, -0.2) is 39.8 Å². The second-order valence-electron chi connectivity index (χ2n) is 4.79. The van der Waals surface area contributed by atoms with Gasteiger partial charge in [-0.3, -0.25) is 4.79 Å². The molecule has 114 valence electrons. The highest BCUT2D eigenvalue weighted by Crippen LogP contribution is 2.28. The van der Waals surface area contributed by atoms with Crippen molar-refractivity contribution in [3.8, 4) is 0 Å². The van der Waals surface area contributed by atoms with Crippen LogP contribution >= 0.6 is 35.1 Å². The number of carboxylic acid groups (broad SMARTS) is 1. The molecule has 0 bridgehead atoms. The fourth-order valence-corrected chi connectivity index (χ4v) is 4.11. The Labute approximate surface area is 137 Å². The monoisotopic (exact) mass is 345 g/mol. The van der Waals surface area contributed by atoms with Crippen molar-refractivity contribution in [1.82, 2.24) is 5.32 Å². The van der Waals surface area contributed by atoms with E-state index in [1.807, 2.05) is 12.1 Å². The van der Waals surface area contributed by atoms with E-state index in [0.717, 1.165) is 16.4 Å². The molecule has 1 aromatic carbocycles. The summed E-state index contributed by atoms with van der Waals surface area (Å²) in [7, 11) is 0. The molecule has 1 amide bonds. The van der Waals surface area contributed by atoms with Gasteiger partial charge in [0.25, 0.3) is 0 Å². The zero-order chi connectivity index (χ0) is 15.3. The summed E-state index contributed by atoms with van der Waals surface area (Å²) >= 11 is 8.89. The summed E-state index contributed by atoms with van der Waals surface area (Å²) in [5, 5.41) is 12.8.